The number of nitrogens with two attached hydrogens (primary N) is 1. The zero-order valence-corrected chi connectivity index (χ0v) is 11.8. The van der Waals surface area contributed by atoms with Crippen molar-refractivity contribution in [1.82, 2.24) is 4.31 Å². The molecule has 1 aliphatic rings. The van der Waals surface area contributed by atoms with Gasteiger partial charge in [-0.1, -0.05) is 0 Å². The first-order chi connectivity index (χ1) is 9.00. The number of hydrogen-bond donors (Lipinski definition) is 2. The van der Waals surface area contributed by atoms with Gasteiger partial charge in [-0.25, -0.2) is 8.42 Å². The van der Waals surface area contributed by atoms with E-state index >= 15 is 0 Å². The number of sulfonamides is 1. The van der Waals surface area contributed by atoms with Crippen LogP contribution in [0, 0.1) is 0 Å². The molecule has 8 heteroatoms. The molecule has 1 fully saturated rings. The van der Waals surface area contributed by atoms with Crippen LogP contribution >= 0.6 is 12.2 Å². The lowest BCUT2D eigenvalue weighted by Gasteiger charge is -2.26. The topological polar surface area (TPSA) is 84.7 Å². The Kier molecular flexibility index (Phi) is 4.35. The van der Waals surface area contributed by atoms with Gasteiger partial charge in [-0.05, 0) is 36.5 Å². The summed E-state index contributed by atoms with van der Waals surface area (Å²) in [6.45, 7) is 1.63. The summed E-state index contributed by atoms with van der Waals surface area (Å²) >= 11 is 4.71. The second kappa shape index (κ2) is 5.83. The number of hydrogen-bond acceptors (Lipinski definition) is 4. The molecule has 0 saturated carbocycles. The van der Waals surface area contributed by atoms with Gasteiger partial charge in [-0.3, -0.25) is 0 Å². The first-order valence-electron chi connectivity index (χ1n) is 5.74. The van der Waals surface area contributed by atoms with Gasteiger partial charge in [0.2, 0.25) is 10.0 Å². The lowest BCUT2D eigenvalue weighted by molar-refractivity contribution is 0.0730. The highest BCUT2D eigenvalue weighted by molar-refractivity contribution is 7.89. The monoisotopic (exact) mass is 301 g/mol. The number of thiocarbonyl (C=S) groups is 1. The van der Waals surface area contributed by atoms with Crippen molar-refractivity contribution in [2.75, 3.05) is 31.6 Å². The van der Waals surface area contributed by atoms with Gasteiger partial charge in [-0.15, -0.1) is 0 Å². The molecule has 0 aliphatic carbocycles. The molecular formula is C11H15N3O3S2. The maximum atomic E-state index is 12.3. The van der Waals surface area contributed by atoms with Crippen molar-refractivity contribution in [3.8, 4) is 0 Å². The standard InChI is InChI=1S/C11H15N3O3S2/c12-11(18)13-9-1-3-10(4-2-9)19(15,16)14-5-7-17-8-6-14/h1-4H,5-8H2,(H3,12,13,18). The average molecular weight is 301 g/mol. The zero-order chi connectivity index (χ0) is 13.9. The molecule has 1 heterocycles. The Balaban J connectivity index is 2.18. The summed E-state index contributed by atoms with van der Waals surface area (Å²) in [5.74, 6) is 0. The van der Waals surface area contributed by atoms with E-state index in [1.165, 1.54) is 16.4 Å². The minimum Gasteiger partial charge on any atom is -0.379 e. The molecule has 1 aliphatic heterocycles. The maximum absolute atomic E-state index is 12.3. The Bertz CT molecular complexity index is 551. The second-order valence-electron chi connectivity index (χ2n) is 4.03. The highest BCUT2D eigenvalue weighted by atomic mass is 32.2. The van der Waals surface area contributed by atoms with Crippen LogP contribution in [0.15, 0.2) is 29.2 Å². The van der Waals surface area contributed by atoms with Crippen LogP contribution in [0.1, 0.15) is 0 Å². The van der Waals surface area contributed by atoms with Crippen molar-refractivity contribution < 1.29 is 13.2 Å². The molecule has 0 aromatic heterocycles. The summed E-state index contributed by atoms with van der Waals surface area (Å²) in [7, 11) is -3.45. The summed E-state index contributed by atoms with van der Waals surface area (Å²) in [5.41, 5.74) is 6.01. The van der Waals surface area contributed by atoms with E-state index in [2.05, 4.69) is 5.32 Å². The summed E-state index contributed by atoms with van der Waals surface area (Å²) in [4.78, 5) is 0.253. The molecule has 0 radical (unpaired) electrons. The van der Waals surface area contributed by atoms with Crippen molar-refractivity contribution in [3.63, 3.8) is 0 Å². The normalized spacial score (nSPS) is 17.1. The van der Waals surface area contributed by atoms with Crippen LogP contribution in [0.4, 0.5) is 5.69 Å². The van der Waals surface area contributed by atoms with E-state index in [0.717, 1.165) is 0 Å². The number of rotatable bonds is 3. The van der Waals surface area contributed by atoms with Gasteiger partial charge in [0.1, 0.15) is 0 Å². The summed E-state index contributed by atoms with van der Waals surface area (Å²) in [6, 6.07) is 6.33. The predicted octanol–water partition coefficient (Wildman–Crippen LogP) is 0.363. The number of nitrogens with zero attached hydrogens (tertiary/aromatic N) is 1. The molecule has 1 saturated heterocycles. The first-order valence-corrected chi connectivity index (χ1v) is 7.59. The Labute approximate surface area is 117 Å². The molecule has 0 atom stereocenters. The van der Waals surface area contributed by atoms with Gasteiger partial charge in [0.05, 0.1) is 18.1 Å². The molecule has 19 heavy (non-hydrogen) atoms. The molecule has 2 rings (SSSR count). The van der Waals surface area contributed by atoms with Crippen LogP contribution in [-0.4, -0.2) is 44.1 Å². The molecule has 0 bridgehead atoms. The van der Waals surface area contributed by atoms with Crippen LogP contribution in [0.5, 0.6) is 0 Å². The number of morpholine rings is 1. The highest BCUT2D eigenvalue weighted by Gasteiger charge is 2.25. The van der Waals surface area contributed by atoms with Gasteiger partial charge in [0, 0.05) is 18.8 Å². The summed E-state index contributed by atoms with van der Waals surface area (Å²) in [5, 5.41) is 2.89. The van der Waals surface area contributed by atoms with Crippen molar-refractivity contribution in [2.45, 2.75) is 4.90 Å². The highest BCUT2D eigenvalue weighted by Crippen LogP contribution is 2.19. The quantitative estimate of drug-likeness (QED) is 0.784. The predicted molar refractivity (Wildman–Crippen MR) is 76.4 cm³/mol. The molecule has 0 amide bonds. The van der Waals surface area contributed by atoms with Crippen molar-refractivity contribution in [2.24, 2.45) is 5.73 Å². The van der Waals surface area contributed by atoms with Crippen molar-refractivity contribution in [1.29, 1.82) is 0 Å². The molecule has 6 nitrogen and oxygen atoms in total. The molecule has 1 aromatic rings. The third kappa shape index (κ3) is 3.41. The fourth-order valence-corrected chi connectivity index (χ4v) is 3.31. The Hall–Kier alpha value is -1.22. The summed E-state index contributed by atoms with van der Waals surface area (Å²) in [6.07, 6.45) is 0. The maximum Gasteiger partial charge on any atom is 0.243 e. The van der Waals surface area contributed by atoms with E-state index in [1.807, 2.05) is 0 Å². The lowest BCUT2D eigenvalue weighted by atomic mass is 10.3. The molecular weight excluding hydrogens is 286 g/mol. The number of ether oxygens (including phenoxy) is 1. The Morgan fingerprint density at radius 1 is 1.26 bits per heavy atom. The second-order valence-corrected chi connectivity index (χ2v) is 6.41. The van der Waals surface area contributed by atoms with Crippen molar-refractivity contribution in [3.05, 3.63) is 24.3 Å². The number of nitrogens with one attached hydrogen (secondary N) is 1. The van der Waals surface area contributed by atoms with Gasteiger partial charge in [0.25, 0.3) is 0 Å². The van der Waals surface area contributed by atoms with Crippen LogP contribution in [-0.2, 0) is 14.8 Å². The van der Waals surface area contributed by atoms with E-state index in [4.69, 9.17) is 22.7 Å². The van der Waals surface area contributed by atoms with Gasteiger partial charge < -0.3 is 15.8 Å². The average Bonchev–Trinajstić information content (AvgIpc) is 2.40. The van der Waals surface area contributed by atoms with Crippen LogP contribution in [0.2, 0.25) is 0 Å². The molecule has 0 unspecified atom stereocenters. The number of benzene rings is 1. The van der Waals surface area contributed by atoms with Gasteiger partial charge in [-0.2, -0.15) is 4.31 Å². The molecule has 0 spiro atoms. The van der Waals surface area contributed by atoms with Crippen LogP contribution in [0.3, 0.4) is 0 Å². The third-order valence-corrected chi connectivity index (χ3v) is 4.74. The smallest absolute Gasteiger partial charge is 0.243 e. The fourth-order valence-electron chi connectivity index (χ4n) is 1.79. The third-order valence-electron chi connectivity index (χ3n) is 2.73. The van der Waals surface area contributed by atoms with Crippen molar-refractivity contribution >= 4 is 33.0 Å². The van der Waals surface area contributed by atoms with Crippen LogP contribution < -0.4 is 11.1 Å². The Morgan fingerprint density at radius 3 is 2.37 bits per heavy atom. The Morgan fingerprint density at radius 2 is 1.84 bits per heavy atom. The van der Waals surface area contributed by atoms with E-state index in [-0.39, 0.29) is 10.0 Å². The first kappa shape index (κ1) is 14.2. The molecule has 1 aromatic carbocycles. The lowest BCUT2D eigenvalue weighted by Crippen LogP contribution is -2.40. The summed E-state index contributed by atoms with van der Waals surface area (Å²) < 4.78 is 31.2. The van der Waals surface area contributed by atoms with Crippen LogP contribution in [0.25, 0.3) is 0 Å². The molecule has 104 valence electrons. The van der Waals surface area contributed by atoms with E-state index < -0.39 is 10.0 Å². The van der Waals surface area contributed by atoms with Gasteiger partial charge >= 0.3 is 0 Å². The largest absolute Gasteiger partial charge is 0.379 e. The van der Waals surface area contributed by atoms with E-state index in [0.29, 0.717) is 32.0 Å². The van der Waals surface area contributed by atoms with E-state index in [9.17, 15) is 8.42 Å². The SMILES string of the molecule is NC(=S)Nc1ccc(S(=O)(=O)N2CCOCC2)cc1. The fraction of sp³-hybridized carbons (Fsp3) is 0.364. The minimum atomic E-state index is -3.45. The number of anilines is 1. The zero-order valence-electron chi connectivity index (χ0n) is 10.2. The minimum absolute atomic E-state index is 0.142. The molecule has 3 N–H and O–H groups in total. The van der Waals surface area contributed by atoms with E-state index in [1.54, 1.807) is 12.1 Å². The van der Waals surface area contributed by atoms with Gasteiger partial charge in [0.15, 0.2) is 5.11 Å².